The molecule has 0 aliphatic heterocycles. The molecule has 4 heteroatoms. The zero-order chi connectivity index (χ0) is 11.3. The fraction of sp³-hybridized carbons (Fsp3) is 0.364. The molecule has 0 aromatic heterocycles. The molecule has 0 atom stereocenters. The summed E-state index contributed by atoms with van der Waals surface area (Å²) in [6.07, 6.45) is 0. The van der Waals surface area contributed by atoms with Crippen LogP contribution in [0.3, 0.4) is 0 Å². The van der Waals surface area contributed by atoms with Crippen molar-refractivity contribution in [3.05, 3.63) is 29.8 Å². The predicted octanol–water partition coefficient (Wildman–Crippen LogP) is 1.07. The summed E-state index contributed by atoms with van der Waals surface area (Å²) in [5, 5.41) is 0. The minimum atomic E-state index is 0.533. The van der Waals surface area contributed by atoms with Gasteiger partial charge in [0.25, 0.3) is 0 Å². The van der Waals surface area contributed by atoms with Gasteiger partial charge in [0, 0.05) is 14.1 Å². The zero-order valence-corrected chi connectivity index (χ0v) is 9.40. The third-order valence-corrected chi connectivity index (χ3v) is 2.04. The summed E-state index contributed by atoms with van der Waals surface area (Å²) in [4.78, 5) is 6.01. The Hall–Kier alpha value is -1.71. The van der Waals surface area contributed by atoms with E-state index in [4.69, 9.17) is 10.5 Å². The third kappa shape index (κ3) is 3.50. The van der Waals surface area contributed by atoms with E-state index in [-0.39, 0.29) is 0 Å². The van der Waals surface area contributed by atoms with E-state index in [2.05, 4.69) is 4.99 Å². The van der Waals surface area contributed by atoms with Crippen molar-refractivity contribution in [3.8, 4) is 5.75 Å². The lowest BCUT2D eigenvalue weighted by Crippen LogP contribution is -2.30. The van der Waals surface area contributed by atoms with Gasteiger partial charge in [0.15, 0.2) is 5.96 Å². The Morgan fingerprint density at radius 1 is 1.33 bits per heavy atom. The molecule has 0 amide bonds. The first-order chi connectivity index (χ1) is 7.13. The molecule has 0 spiro atoms. The van der Waals surface area contributed by atoms with E-state index in [0.29, 0.717) is 12.5 Å². The van der Waals surface area contributed by atoms with Crippen molar-refractivity contribution < 1.29 is 4.74 Å². The Labute approximate surface area is 90.4 Å². The molecule has 0 radical (unpaired) electrons. The van der Waals surface area contributed by atoms with Gasteiger partial charge < -0.3 is 15.4 Å². The quantitative estimate of drug-likeness (QED) is 0.596. The highest BCUT2D eigenvalue weighted by Gasteiger charge is 1.95. The van der Waals surface area contributed by atoms with Crippen LogP contribution in [0.2, 0.25) is 0 Å². The lowest BCUT2D eigenvalue weighted by Gasteiger charge is -2.10. The van der Waals surface area contributed by atoms with E-state index in [1.54, 1.807) is 12.0 Å². The Balaban J connectivity index is 2.62. The second-order valence-electron chi connectivity index (χ2n) is 3.42. The van der Waals surface area contributed by atoms with Gasteiger partial charge in [-0.05, 0) is 17.7 Å². The van der Waals surface area contributed by atoms with Crippen LogP contribution >= 0.6 is 0 Å². The number of hydrogen-bond donors (Lipinski definition) is 1. The van der Waals surface area contributed by atoms with E-state index in [1.807, 2.05) is 38.4 Å². The summed E-state index contributed by atoms with van der Waals surface area (Å²) >= 11 is 0. The standard InChI is InChI=1S/C11H17N3O/c1-14(2)11(12)13-8-9-4-6-10(15-3)7-5-9/h4-7H,8H2,1-3H3,(H2,12,13). The number of aliphatic imine (C=N–C) groups is 1. The number of ether oxygens (including phenoxy) is 1. The molecule has 15 heavy (non-hydrogen) atoms. The summed E-state index contributed by atoms with van der Waals surface area (Å²) in [7, 11) is 5.39. The number of nitrogens with two attached hydrogens (primary N) is 1. The molecule has 0 saturated heterocycles. The van der Waals surface area contributed by atoms with Crippen molar-refractivity contribution in [3.63, 3.8) is 0 Å². The predicted molar refractivity (Wildman–Crippen MR) is 62.0 cm³/mol. The molecular weight excluding hydrogens is 190 g/mol. The number of rotatable bonds is 3. The molecule has 82 valence electrons. The van der Waals surface area contributed by atoms with E-state index in [9.17, 15) is 0 Å². The minimum absolute atomic E-state index is 0.533. The first-order valence-electron chi connectivity index (χ1n) is 4.73. The average molecular weight is 207 g/mol. The molecule has 0 aliphatic rings. The van der Waals surface area contributed by atoms with Crippen LogP contribution in [0.1, 0.15) is 5.56 Å². The van der Waals surface area contributed by atoms with Gasteiger partial charge in [-0.15, -0.1) is 0 Å². The molecule has 1 aromatic carbocycles. The summed E-state index contributed by atoms with van der Waals surface area (Å²) in [6, 6.07) is 7.78. The summed E-state index contributed by atoms with van der Waals surface area (Å²) < 4.78 is 5.06. The lowest BCUT2D eigenvalue weighted by atomic mass is 10.2. The van der Waals surface area contributed by atoms with Crippen molar-refractivity contribution in [1.82, 2.24) is 4.90 Å². The van der Waals surface area contributed by atoms with Crippen molar-refractivity contribution in [2.75, 3.05) is 21.2 Å². The summed E-state index contributed by atoms with van der Waals surface area (Å²) in [5.74, 6) is 1.38. The molecule has 0 fully saturated rings. The zero-order valence-electron chi connectivity index (χ0n) is 9.40. The molecule has 1 aromatic rings. The number of nitrogens with zero attached hydrogens (tertiary/aromatic N) is 2. The van der Waals surface area contributed by atoms with Crippen LogP contribution in [0.15, 0.2) is 29.3 Å². The summed E-state index contributed by atoms with van der Waals surface area (Å²) in [6.45, 7) is 0.591. The number of hydrogen-bond acceptors (Lipinski definition) is 2. The van der Waals surface area contributed by atoms with E-state index in [0.717, 1.165) is 11.3 Å². The normalized spacial score (nSPS) is 11.3. The molecule has 1 rings (SSSR count). The van der Waals surface area contributed by atoms with Crippen LogP contribution in [0.4, 0.5) is 0 Å². The van der Waals surface area contributed by atoms with Crippen molar-refractivity contribution in [1.29, 1.82) is 0 Å². The van der Waals surface area contributed by atoms with Crippen LogP contribution in [-0.2, 0) is 6.54 Å². The SMILES string of the molecule is COc1ccc(CN=C(N)N(C)C)cc1. The largest absolute Gasteiger partial charge is 0.497 e. The molecule has 0 saturated carbocycles. The molecule has 0 heterocycles. The third-order valence-electron chi connectivity index (χ3n) is 2.04. The first kappa shape index (κ1) is 11.4. The van der Waals surface area contributed by atoms with Crippen LogP contribution in [-0.4, -0.2) is 32.1 Å². The van der Waals surface area contributed by atoms with Crippen LogP contribution in [0.5, 0.6) is 5.75 Å². The maximum atomic E-state index is 5.67. The van der Waals surface area contributed by atoms with E-state index < -0.39 is 0 Å². The minimum Gasteiger partial charge on any atom is -0.497 e. The molecule has 0 unspecified atom stereocenters. The van der Waals surface area contributed by atoms with Gasteiger partial charge in [0.1, 0.15) is 5.75 Å². The van der Waals surface area contributed by atoms with E-state index in [1.165, 1.54) is 0 Å². The van der Waals surface area contributed by atoms with Gasteiger partial charge in [-0.3, -0.25) is 0 Å². The maximum absolute atomic E-state index is 5.67. The van der Waals surface area contributed by atoms with Crippen LogP contribution in [0, 0.1) is 0 Å². The van der Waals surface area contributed by atoms with Crippen LogP contribution in [0.25, 0.3) is 0 Å². The number of benzene rings is 1. The Kier molecular flexibility index (Phi) is 3.97. The second kappa shape index (κ2) is 5.24. The van der Waals surface area contributed by atoms with Gasteiger partial charge in [-0.1, -0.05) is 12.1 Å². The molecule has 4 nitrogen and oxygen atoms in total. The fourth-order valence-corrected chi connectivity index (χ4v) is 1.04. The summed E-state index contributed by atoms with van der Waals surface area (Å²) in [5.41, 5.74) is 6.78. The van der Waals surface area contributed by atoms with Crippen molar-refractivity contribution in [2.24, 2.45) is 10.7 Å². The smallest absolute Gasteiger partial charge is 0.191 e. The Bertz CT molecular complexity index is 330. The highest BCUT2D eigenvalue weighted by atomic mass is 16.5. The topological polar surface area (TPSA) is 50.9 Å². The van der Waals surface area contributed by atoms with Gasteiger partial charge in [-0.2, -0.15) is 0 Å². The number of methoxy groups -OCH3 is 1. The molecule has 0 bridgehead atoms. The Morgan fingerprint density at radius 2 is 1.93 bits per heavy atom. The monoisotopic (exact) mass is 207 g/mol. The van der Waals surface area contributed by atoms with E-state index >= 15 is 0 Å². The van der Waals surface area contributed by atoms with Crippen molar-refractivity contribution >= 4 is 5.96 Å². The van der Waals surface area contributed by atoms with Gasteiger partial charge in [0.05, 0.1) is 13.7 Å². The van der Waals surface area contributed by atoms with Gasteiger partial charge in [-0.25, -0.2) is 4.99 Å². The first-order valence-corrected chi connectivity index (χ1v) is 4.73. The maximum Gasteiger partial charge on any atom is 0.191 e. The molecular formula is C11H17N3O. The highest BCUT2D eigenvalue weighted by molar-refractivity contribution is 5.77. The van der Waals surface area contributed by atoms with Gasteiger partial charge in [0.2, 0.25) is 0 Å². The Morgan fingerprint density at radius 3 is 2.40 bits per heavy atom. The van der Waals surface area contributed by atoms with Gasteiger partial charge >= 0.3 is 0 Å². The number of guanidine groups is 1. The average Bonchev–Trinajstić information content (AvgIpc) is 2.26. The fourth-order valence-electron chi connectivity index (χ4n) is 1.04. The van der Waals surface area contributed by atoms with Crippen molar-refractivity contribution in [2.45, 2.75) is 6.54 Å². The molecule has 0 aliphatic carbocycles. The lowest BCUT2D eigenvalue weighted by molar-refractivity contribution is 0.414. The van der Waals surface area contributed by atoms with Crippen LogP contribution < -0.4 is 10.5 Å². The molecule has 2 N–H and O–H groups in total. The second-order valence-corrected chi connectivity index (χ2v) is 3.42. The highest BCUT2D eigenvalue weighted by Crippen LogP contribution is 2.11.